The Kier molecular flexibility index (Phi) is 6.11. The molecule has 0 bridgehead atoms. The second-order valence-corrected chi connectivity index (χ2v) is 6.25. The molecule has 0 saturated heterocycles. The van der Waals surface area contributed by atoms with Crippen LogP contribution in [0.4, 0.5) is 10.5 Å². The molecule has 122 valence electrons. The Morgan fingerprint density at radius 3 is 2.61 bits per heavy atom. The third-order valence-electron chi connectivity index (χ3n) is 3.80. The van der Waals surface area contributed by atoms with E-state index >= 15 is 0 Å². The number of para-hydroxylation sites is 1. The first kappa shape index (κ1) is 17.4. The standard InChI is InChI=1S/C19H23NO2S/c1-5-15-9-10-17(14(3)11-15)22-12-16-8-6-7-13(2)18(16)20-19(21)23-4/h6-11H,5,12H2,1-4H3,(H,20,21). The van der Waals surface area contributed by atoms with E-state index in [4.69, 9.17) is 4.74 Å². The topological polar surface area (TPSA) is 38.3 Å². The maximum Gasteiger partial charge on any atom is 0.283 e. The summed E-state index contributed by atoms with van der Waals surface area (Å²) < 4.78 is 5.98. The van der Waals surface area contributed by atoms with Gasteiger partial charge in [-0.2, -0.15) is 0 Å². The molecule has 0 radical (unpaired) electrons. The first-order valence-electron chi connectivity index (χ1n) is 7.71. The molecule has 2 aromatic carbocycles. The van der Waals surface area contributed by atoms with Crippen LogP contribution in [0.3, 0.4) is 0 Å². The molecule has 1 N–H and O–H groups in total. The van der Waals surface area contributed by atoms with Crippen LogP contribution in [0.1, 0.15) is 29.2 Å². The zero-order valence-corrected chi connectivity index (χ0v) is 14.9. The van der Waals surface area contributed by atoms with Crippen LogP contribution < -0.4 is 10.1 Å². The predicted molar refractivity (Wildman–Crippen MR) is 98.6 cm³/mol. The number of carbonyl (C=O) groups is 1. The normalized spacial score (nSPS) is 10.4. The summed E-state index contributed by atoms with van der Waals surface area (Å²) in [7, 11) is 0. The van der Waals surface area contributed by atoms with Crippen molar-refractivity contribution in [2.75, 3.05) is 11.6 Å². The average Bonchev–Trinajstić information content (AvgIpc) is 2.56. The second kappa shape index (κ2) is 8.06. The van der Waals surface area contributed by atoms with Gasteiger partial charge in [-0.1, -0.05) is 49.0 Å². The van der Waals surface area contributed by atoms with Gasteiger partial charge in [0.1, 0.15) is 12.4 Å². The number of rotatable bonds is 5. The summed E-state index contributed by atoms with van der Waals surface area (Å²) in [5, 5.41) is 2.88. The summed E-state index contributed by atoms with van der Waals surface area (Å²) in [5.74, 6) is 0.880. The van der Waals surface area contributed by atoms with Gasteiger partial charge in [-0.15, -0.1) is 0 Å². The zero-order chi connectivity index (χ0) is 16.8. The monoisotopic (exact) mass is 329 g/mol. The molecule has 0 heterocycles. The van der Waals surface area contributed by atoms with E-state index in [9.17, 15) is 4.79 Å². The van der Waals surface area contributed by atoms with Gasteiger partial charge in [0.05, 0.1) is 5.69 Å². The molecule has 0 saturated carbocycles. The Morgan fingerprint density at radius 1 is 1.17 bits per heavy atom. The van der Waals surface area contributed by atoms with Gasteiger partial charge < -0.3 is 10.1 Å². The highest BCUT2D eigenvalue weighted by Crippen LogP contribution is 2.25. The second-order valence-electron chi connectivity index (χ2n) is 5.47. The van der Waals surface area contributed by atoms with Gasteiger partial charge in [0.15, 0.2) is 0 Å². The number of anilines is 1. The van der Waals surface area contributed by atoms with Crippen LogP contribution in [0.5, 0.6) is 5.75 Å². The summed E-state index contributed by atoms with van der Waals surface area (Å²) in [5.41, 5.74) is 5.29. The lowest BCUT2D eigenvalue weighted by molar-refractivity contribution is 0.269. The highest BCUT2D eigenvalue weighted by atomic mass is 32.2. The molecule has 0 aromatic heterocycles. The van der Waals surface area contributed by atoms with E-state index in [1.54, 1.807) is 6.26 Å². The van der Waals surface area contributed by atoms with Gasteiger partial charge in [-0.3, -0.25) is 4.79 Å². The number of carbonyl (C=O) groups excluding carboxylic acids is 1. The molecule has 2 rings (SSSR count). The van der Waals surface area contributed by atoms with E-state index in [2.05, 4.69) is 31.3 Å². The lowest BCUT2D eigenvalue weighted by Gasteiger charge is -2.15. The Morgan fingerprint density at radius 2 is 1.96 bits per heavy atom. The number of ether oxygens (including phenoxy) is 1. The minimum absolute atomic E-state index is 0.0657. The minimum Gasteiger partial charge on any atom is -0.489 e. The van der Waals surface area contributed by atoms with Crippen molar-refractivity contribution in [2.24, 2.45) is 0 Å². The quantitative estimate of drug-likeness (QED) is 0.804. The molecule has 0 aliphatic heterocycles. The summed E-state index contributed by atoms with van der Waals surface area (Å²) in [6.07, 6.45) is 2.78. The van der Waals surface area contributed by atoms with Crippen LogP contribution >= 0.6 is 11.8 Å². The van der Waals surface area contributed by atoms with Crippen molar-refractivity contribution in [3.05, 3.63) is 58.7 Å². The van der Waals surface area contributed by atoms with Gasteiger partial charge in [-0.25, -0.2) is 0 Å². The van der Waals surface area contributed by atoms with Crippen molar-refractivity contribution in [2.45, 2.75) is 33.8 Å². The molecular formula is C19H23NO2S. The molecule has 0 spiro atoms. The fraction of sp³-hybridized carbons (Fsp3) is 0.316. The van der Waals surface area contributed by atoms with Crippen molar-refractivity contribution in [3.63, 3.8) is 0 Å². The first-order chi connectivity index (χ1) is 11.0. The molecular weight excluding hydrogens is 306 g/mol. The van der Waals surface area contributed by atoms with E-state index in [1.165, 1.54) is 17.3 Å². The summed E-state index contributed by atoms with van der Waals surface area (Å²) >= 11 is 1.17. The fourth-order valence-corrected chi connectivity index (χ4v) is 2.63. The van der Waals surface area contributed by atoms with E-state index < -0.39 is 0 Å². The van der Waals surface area contributed by atoms with Gasteiger partial charge >= 0.3 is 0 Å². The summed E-state index contributed by atoms with van der Waals surface area (Å²) in [4.78, 5) is 11.7. The van der Waals surface area contributed by atoms with E-state index in [1.807, 2.05) is 31.2 Å². The number of thioether (sulfide) groups is 1. The van der Waals surface area contributed by atoms with Gasteiger partial charge in [0.25, 0.3) is 5.24 Å². The lowest BCUT2D eigenvalue weighted by Crippen LogP contribution is -2.10. The van der Waals surface area contributed by atoms with Crippen molar-refractivity contribution in [3.8, 4) is 5.75 Å². The molecule has 3 nitrogen and oxygen atoms in total. The maximum atomic E-state index is 11.7. The Labute approximate surface area is 142 Å². The molecule has 0 unspecified atom stereocenters. The van der Waals surface area contributed by atoms with Gasteiger partial charge in [-0.05, 0) is 49.3 Å². The number of amides is 1. The molecule has 23 heavy (non-hydrogen) atoms. The van der Waals surface area contributed by atoms with E-state index in [0.29, 0.717) is 6.61 Å². The van der Waals surface area contributed by atoms with Crippen molar-refractivity contribution < 1.29 is 9.53 Å². The molecule has 1 amide bonds. The third-order valence-corrected chi connectivity index (χ3v) is 4.28. The number of hydrogen-bond acceptors (Lipinski definition) is 3. The van der Waals surface area contributed by atoms with Crippen LogP contribution in [-0.2, 0) is 13.0 Å². The predicted octanol–water partition coefficient (Wildman–Crippen LogP) is 5.34. The molecule has 0 fully saturated rings. The fourth-order valence-electron chi connectivity index (χ4n) is 2.43. The van der Waals surface area contributed by atoms with Crippen LogP contribution in [-0.4, -0.2) is 11.5 Å². The number of hydrogen-bond donors (Lipinski definition) is 1. The Hall–Kier alpha value is -1.94. The lowest BCUT2D eigenvalue weighted by atomic mass is 10.1. The van der Waals surface area contributed by atoms with Gasteiger partial charge in [0, 0.05) is 5.56 Å². The summed E-state index contributed by atoms with van der Waals surface area (Å²) in [6.45, 7) is 6.61. The molecule has 0 atom stereocenters. The largest absolute Gasteiger partial charge is 0.489 e. The molecule has 0 aliphatic carbocycles. The molecule has 2 aromatic rings. The van der Waals surface area contributed by atoms with Crippen LogP contribution in [0.25, 0.3) is 0 Å². The first-order valence-corrected chi connectivity index (χ1v) is 8.93. The Balaban J connectivity index is 2.17. The van der Waals surface area contributed by atoms with Crippen molar-refractivity contribution in [1.29, 1.82) is 0 Å². The third kappa shape index (κ3) is 4.52. The molecule has 4 heteroatoms. The smallest absolute Gasteiger partial charge is 0.283 e. The van der Waals surface area contributed by atoms with Crippen LogP contribution in [0.15, 0.2) is 36.4 Å². The number of nitrogens with one attached hydrogen (secondary N) is 1. The zero-order valence-electron chi connectivity index (χ0n) is 14.1. The van der Waals surface area contributed by atoms with E-state index in [0.717, 1.165) is 34.5 Å². The highest BCUT2D eigenvalue weighted by Gasteiger charge is 2.10. The SMILES string of the molecule is CCc1ccc(OCc2cccc(C)c2NC(=O)SC)c(C)c1. The number of aryl methyl sites for hydroxylation is 3. The molecule has 0 aliphatic rings. The Bertz CT molecular complexity index is 698. The maximum absolute atomic E-state index is 11.7. The number of benzene rings is 2. The van der Waals surface area contributed by atoms with Crippen LogP contribution in [0.2, 0.25) is 0 Å². The van der Waals surface area contributed by atoms with E-state index in [-0.39, 0.29) is 5.24 Å². The van der Waals surface area contributed by atoms with Crippen molar-refractivity contribution >= 4 is 22.7 Å². The average molecular weight is 329 g/mol. The van der Waals surface area contributed by atoms with Gasteiger partial charge in [0.2, 0.25) is 0 Å². The minimum atomic E-state index is -0.0657. The van der Waals surface area contributed by atoms with Crippen LogP contribution in [0, 0.1) is 13.8 Å². The summed E-state index contributed by atoms with van der Waals surface area (Å²) in [6, 6.07) is 12.2. The highest BCUT2D eigenvalue weighted by molar-refractivity contribution is 8.13. The van der Waals surface area contributed by atoms with Crippen molar-refractivity contribution in [1.82, 2.24) is 0 Å².